The molecule has 0 aliphatic heterocycles. The molecule has 20 heavy (non-hydrogen) atoms. The molecule has 116 valence electrons. The van der Waals surface area contributed by atoms with Crippen LogP contribution in [0.5, 0.6) is 0 Å². The van der Waals surface area contributed by atoms with Crippen LogP contribution in [0.1, 0.15) is 52.3 Å². The van der Waals surface area contributed by atoms with E-state index in [0.717, 1.165) is 25.6 Å². The highest BCUT2D eigenvalue weighted by molar-refractivity contribution is 7.09. The minimum absolute atomic E-state index is 0.592. The second-order valence-electron chi connectivity index (χ2n) is 6.34. The third kappa shape index (κ3) is 6.38. The Labute approximate surface area is 129 Å². The molecule has 0 aliphatic rings. The summed E-state index contributed by atoms with van der Waals surface area (Å²) in [7, 11) is 0. The third-order valence-electron chi connectivity index (χ3n) is 3.61. The van der Waals surface area contributed by atoms with Gasteiger partial charge in [-0.2, -0.15) is 0 Å². The number of nitrogens with one attached hydrogen (secondary N) is 1. The van der Waals surface area contributed by atoms with E-state index in [-0.39, 0.29) is 0 Å². The molecule has 0 amide bonds. The van der Waals surface area contributed by atoms with Crippen molar-refractivity contribution < 1.29 is 0 Å². The largest absolute Gasteiger partial charge is 0.315 e. The lowest BCUT2D eigenvalue weighted by atomic mass is 10.1. The van der Waals surface area contributed by atoms with Gasteiger partial charge in [0.15, 0.2) is 0 Å². The molecule has 2 nitrogen and oxygen atoms in total. The summed E-state index contributed by atoms with van der Waals surface area (Å²) in [5.41, 5.74) is 0. The second-order valence-corrected chi connectivity index (χ2v) is 7.37. The Bertz CT molecular complexity index is 333. The lowest BCUT2D eigenvalue weighted by molar-refractivity contribution is 0.133. The molecule has 3 heteroatoms. The van der Waals surface area contributed by atoms with Crippen molar-refractivity contribution in [1.82, 2.24) is 10.2 Å². The maximum Gasteiger partial charge on any atom is 0.0334 e. The molecule has 0 radical (unpaired) electrons. The van der Waals surface area contributed by atoms with Crippen LogP contribution in [-0.2, 0) is 6.54 Å². The van der Waals surface area contributed by atoms with Crippen LogP contribution in [0.25, 0.3) is 0 Å². The fourth-order valence-electron chi connectivity index (χ4n) is 2.57. The first-order valence-electron chi connectivity index (χ1n) is 8.03. The van der Waals surface area contributed by atoms with Gasteiger partial charge in [0.1, 0.15) is 0 Å². The zero-order valence-corrected chi connectivity index (χ0v) is 14.7. The van der Waals surface area contributed by atoms with Gasteiger partial charge in [-0.25, -0.2) is 0 Å². The SMILES string of the molecule is CCCC(CNCC(C)C)N(Cc1cccs1)C(C)C. The van der Waals surface area contributed by atoms with E-state index in [9.17, 15) is 0 Å². The Morgan fingerprint density at radius 3 is 2.45 bits per heavy atom. The molecule has 0 bridgehead atoms. The average Bonchev–Trinajstić information content (AvgIpc) is 2.87. The fraction of sp³-hybridized carbons (Fsp3) is 0.765. The maximum absolute atomic E-state index is 3.65. The quantitative estimate of drug-likeness (QED) is 0.689. The van der Waals surface area contributed by atoms with Crippen molar-refractivity contribution in [1.29, 1.82) is 0 Å². The molecule has 1 atom stereocenters. The molecule has 1 N–H and O–H groups in total. The molecule has 1 aromatic rings. The van der Waals surface area contributed by atoms with Gasteiger partial charge in [0.05, 0.1) is 0 Å². The van der Waals surface area contributed by atoms with Crippen molar-refractivity contribution >= 4 is 11.3 Å². The zero-order chi connectivity index (χ0) is 15.0. The minimum atomic E-state index is 0.592. The number of nitrogens with zero attached hydrogens (tertiary/aromatic N) is 1. The van der Waals surface area contributed by atoms with E-state index in [4.69, 9.17) is 0 Å². The molecule has 0 saturated carbocycles. The smallest absolute Gasteiger partial charge is 0.0334 e. The summed E-state index contributed by atoms with van der Waals surface area (Å²) in [6, 6.07) is 5.64. The monoisotopic (exact) mass is 296 g/mol. The molecule has 0 saturated heterocycles. The van der Waals surface area contributed by atoms with Gasteiger partial charge in [0, 0.05) is 30.1 Å². The van der Waals surface area contributed by atoms with Gasteiger partial charge in [0.25, 0.3) is 0 Å². The molecule has 1 unspecified atom stereocenters. The van der Waals surface area contributed by atoms with Crippen LogP contribution in [0.15, 0.2) is 17.5 Å². The highest BCUT2D eigenvalue weighted by Gasteiger charge is 2.21. The van der Waals surface area contributed by atoms with Gasteiger partial charge in [-0.15, -0.1) is 11.3 Å². The Kier molecular flexibility index (Phi) is 8.43. The molecule has 1 aromatic heterocycles. The summed E-state index contributed by atoms with van der Waals surface area (Å²) in [6.45, 7) is 14.8. The van der Waals surface area contributed by atoms with Gasteiger partial charge in [-0.1, -0.05) is 33.3 Å². The van der Waals surface area contributed by atoms with Gasteiger partial charge in [-0.05, 0) is 44.2 Å². The normalized spacial score (nSPS) is 13.6. The lowest BCUT2D eigenvalue weighted by Crippen LogP contribution is -2.45. The highest BCUT2D eigenvalue weighted by Crippen LogP contribution is 2.18. The summed E-state index contributed by atoms with van der Waals surface area (Å²) in [4.78, 5) is 4.13. The molecule has 0 aromatic carbocycles. The van der Waals surface area contributed by atoms with Crippen LogP contribution in [0.2, 0.25) is 0 Å². The minimum Gasteiger partial charge on any atom is -0.315 e. The second kappa shape index (κ2) is 9.54. The Morgan fingerprint density at radius 1 is 1.20 bits per heavy atom. The molecule has 0 aliphatic carbocycles. The Morgan fingerprint density at radius 2 is 1.95 bits per heavy atom. The van der Waals surface area contributed by atoms with Crippen molar-refractivity contribution in [2.45, 2.75) is 66.1 Å². The molecule has 0 spiro atoms. The van der Waals surface area contributed by atoms with E-state index in [1.54, 1.807) is 0 Å². The van der Waals surface area contributed by atoms with Gasteiger partial charge < -0.3 is 5.32 Å². The number of hydrogen-bond acceptors (Lipinski definition) is 3. The van der Waals surface area contributed by atoms with Crippen LogP contribution in [0.4, 0.5) is 0 Å². The topological polar surface area (TPSA) is 15.3 Å². The van der Waals surface area contributed by atoms with Crippen molar-refractivity contribution in [3.8, 4) is 0 Å². The van der Waals surface area contributed by atoms with Crippen LogP contribution < -0.4 is 5.32 Å². The fourth-order valence-corrected chi connectivity index (χ4v) is 3.29. The predicted molar refractivity (Wildman–Crippen MR) is 91.4 cm³/mol. The molecular weight excluding hydrogens is 264 g/mol. The number of thiophene rings is 1. The molecule has 0 fully saturated rings. The van der Waals surface area contributed by atoms with Crippen LogP contribution in [0, 0.1) is 5.92 Å². The Hall–Kier alpha value is -0.380. The number of hydrogen-bond donors (Lipinski definition) is 1. The lowest BCUT2D eigenvalue weighted by Gasteiger charge is -2.35. The van der Waals surface area contributed by atoms with Crippen LogP contribution in [-0.4, -0.2) is 30.1 Å². The zero-order valence-electron chi connectivity index (χ0n) is 13.9. The standard InChI is InChI=1S/C17H32N2S/c1-6-8-16(12-18-11-14(2)3)19(15(4)5)13-17-9-7-10-20-17/h7,9-10,14-16,18H,6,8,11-13H2,1-5H3. The van der Waals surface area contributed by atoms with Gasteiger partial charge in [-0.3, -0.25) is 4.90 Å². The van der Waals surface area contributed by atoms with E-state index in [2.05, 4.69) is 62.3 Å². The van der Waals surface area contributed by atoms with Crippen LogP contribution >= 0.6 is 11.3 Å². The van der Waals surface area contributed by atoms with E-state index in [1.165, 1.54) is 17.7 Å². The van der Waals surface area contributed by atoms with E-state index in [1.807, 2.05) is 11.3 Å². The first-order valence-corrected chi connectivity index (χ1v) is 8.91. The summed E-state index contributed by atoms with van der Waals surface area (Å²) in [6.07, 6.45) is 2.52. The third-order valence-corrected chi connectivity index (χ3v) is 4.47. The van der Waals surface area contributed by atoms with Crippen molar-refractivity contribution in [3.05, 3.63) is 22.4 Å². The Balaban J connectivity index is 2.61. The molecular formula is C17H32N2S. The first kappa shape index (κ1) is 17.7. The van der Waals surface area contributed by atoms with Gasteiger partial charge in [0.2, 0.25) is 0 Å². The highest BCUT2D eigenvalue weighted by atomic mass is 32.1. The molecule has 1 rings (SSSR count). The van der Waals surface area contributed by atoms with E-state index >= 15 is 0 Å². The average molecular weight is 297 g/mol. The van der Waals surface area contributed by atoms with Crippen molar-refractivity contribution in [2.24, 2.45) is 5.92 Å². The first-order chi connectivity index (χ1) is 9.54. The van der Waals surface area contributed by atoms with E-state index in [0.29, 0.717) is 12.1 Å². The van der Waals surface area contributed by atoms with Crippen molar-refractivity contribution in [2.75, 3.05) is 13.1 Å². The van der Waals surface area contributed by atoms with Gasteiger partial charge >= 0.3 is 0 Å². The number of rotatable bonds is 10. The summed E-state index contributed by atoms with van der Waals surface area (Å²) < 4.78 is 0. The summed E-state index contributed by atoms with van der Waals surface area (Å²) in [5.74, 6) is 0.724. The maximum atomic E-state index is 3.65. The summed E-state index contributed by atoms with van der Waals surface area (Å²) >= 11 is 1.87. The van der Waals surface area contributed by atoms with E-state index < -0.39 is 0 Å². The molecule has 1 heterocycles. The summed E-state index contributed by atoms with van der Waals surface area (Å²) in [5, 5.41) is 5.83. The predicted octanol–water partition coefficient (Wildman–Crippen LogP) is 4.37. The van der Waals surface area contributed by atoms with Crippen molar-refractivity contribution in [3.63, 3.8) is 0 Å². The van der Waals surface area contributed by atoms with Crippen LogP contribution in [0.3, 0.4) is 0 Å².